The van der Waals surface area contributed by atoms with Crippen molar-refractivity contribution in [1.29, 1.82) is 0 Å². The summed E-state index contributed by atoms with van der Waals surface area (Å²) >= 11 is 0. The molecule has 7 heteroatoms. The van der Waals surface area contributed by atoms with E-state index in [2.05, 4.69) is 11.8 Å². The highest BCUT2D eigenvalue weighted by atomic mass is 19.1. The number of rotatable bonds is 8. The number of carbonyl (C=O) groups is 1. The van der Waals surface area contributed by atoms with E-state index in [-0.39, 0.29) is 23.8 Å². The lowest BCUT2D eigenvalue weighted by atomic mass is 9.70. The van der Waals surface area contributed by atoms with E-state index in [4.69, 9.17) is 4.74 Å². The molecule has 3 aliphatic rings. The number of halogens is 2. The van der Waals surface area contributed by atoms with Crippen molar-refractivity contribution >= 4 is 5.91 Å². The molecule has 1 N–H and O–H groups in total. The molecule has 2 aliphatic heterocycles. The average molecular weight is 513 g/mol. The number of piperidine rings is 1. The molecule has 2 aromatic carbocycles. The summed E-state index contributed by atoms with van der Waals surface area (Å²) < 4.78 is 35.8. The SMILES string of the molecule is CC1(CN2CCC(COc3ccc(-c4ccc(C(=O)N5CCC[C@@H]5CO)c(F)c4)c(F)c3)CC2)CCC1. The second-order valence-corrected chi connectivity index (χ2v) is 11.5. The van der Waals surface area contributed by atoms with Gasteiger partial charge in [-0.2, -0.15) is 0 Å². The van der Waals surface area contributed by atoms with E-state index in [1.54, 1.807) is 18.2 Å². The number of likely N-dealkylation sites (tertiary alicyclic amines) is 2. The van der Waals surface area contributed by atoms with Gasteiger partial charge in [-0.1, -0.05) is 19.4 Å². The molecule has 0 radical (unpaired) electrons. The van der Waals surface area contributed by atoms with Gasteiger partial charge in [-0.05, 0) is 92.8 Å². The molecule has 2 heterocycles. The minimum Gasteiger partial charge on any atom is -0.493 e. The summed E-state index contributed by atoms with van der Waals surface area (Å²) in [6, 6.07) is 8.57. The summed E-state index contributed by atoms with van der Waals surface area (Å²) in [6.45, 7) is 6.72. The van der Waals surface area contributed by atoms with Gasteiger partial charge in [-0.25, -0.2) is 8.78 Å². The highest BCUT2D eigenvalue weighted by molar-refractivity contribution is 5.95. The maximum absolute atomic E-state index is 15.0. The third kappa shape index (κ3) is 5.83. The van der Waals surface area contributed by atoms with Crippen LogP contribution in [0.2, 0.25) is 0 Å². The van der Waals surface area contributed by atoms with Gasteiger partial charge in [-0.3, -0.25) is 4.79 Å². The zero-order valence-electron chi connectivity index (χ0n) is 21.7. The van der Waals surface area contributed by atoms with E-state index in [0.29, 0.717) is 42.2 Å². The number of aliphatic hydroxyl groups is 1. The van der Waals surface area contributed by atoms with Crippen LogP contribution < -0.4 is 4.74 Å². The molecule has 1 saturated carbocycles. The topological polar surface area (TPSA) is 53.0 Å². The van der Waals surface area contributed by atoms with E-state index >= 15 is 0 Å². The molecule has 2 saturated heterocycles. The lowest BCUT2D eigenvalue weighted by molar-refractivity contribution is 0.0564. The molecule has 5 nitrogen and oxygen atoms in total. The Bertz CT molecular complexity index is 1110. The maximum atomic E-state index is 15.0. The Balaban J connectivity index is 1.16. The summed E-state index contributed by atoms with van der Waals surface area (Å²) in [7, 11) is 0. The lowest BCUT2D eigenvalue weighted by Crippen LogP contribution is -2.44. The average Bonchev–Trinajstić information content (AvgIpc) is 3.36. The number of amides is 1. The molecule has 1 atom stereocenters. The van der Waals surface area contributed by atoms with E-state index in [1.165, 1.54) is 48.9 Å². The van der Waals surface area contributed by atoms with Crippen molar-refractivity contribution in [3.8, 4) is 16.9 Å². The first-order chi connectivity index (χ1) is 17.8. The fourth-order valence-corrected chi connectivity index (χ4v) is 6.13. The van der Waals surface area contributed by atoms with Crippen LogP contribution >= 0.6 is 0 Å². The Hall–Kier alpha value is -2.51. The summed E-state index contributed by atoms with van der Waals surface area (Å²) in [6.07, 6.45) is 7.73. The fraction of sp³-hybridized carbons (Fsp3) is 0.567. The van der Waals surface area contributed by atoms with Gasteiger partial charge in [-0.15, -0.1) is 0 Å². The van der Waals surface area contributed by atoms with Gasteiger partial charge in [0.25, 0.3) is 5.91 Å². The summed E-state index contributed by atoms with van der Waals surface area (Å²) in [4.78, 5) is 16.9. The van der Waals surface area contributed by atoms with Gasteiger partial charge in [0.05, 0.1) is 24.8 Å². The predicted octanol–water partition coefficient (Wildman–Crippen LogP) is 5.51. The second kappa shape index (κ2) is 11.1. The zero-order chi connectivity index (χ0) is 26.0. The van der Waals surface area contributed by atoms with Crippen molar-refractivity contribution in [1.82, 2.24) is 9.80 Å². The van der Waals surface area contributed by atoms with E-state index in [0.717, 1.165) is 32.4 Å². The predicted molar refractivity (Wildman–Crippen MR) is 140 cm³/mol. The second-order valence-electron chi connectivity index (χ2n) is 11.5. The molecule has 0 bridgehead atoms. The number of hydrogen-bond donors (Lipinski definition) is 1. The van der Waals surface area contributed by atoms with Crippen LogP contribution in [0.5, 0.6) is 5.75 Å². The first-order valence-corrected chi connectivity index (χ1v) is 13.7. The number of nitrogens with zero attached hydrogens (tertiary/aromatic N) is 2. The molecule has 0 unspecified atom stereocenters. The number of ether oxygens (including phenoxy) is 1. The van der Waals surface area contributed by atoms with E-state index in [1.807, 2.05) is 0 Å². The smallest absolute Gasteiger partial charge is 0.257 e. The lowest BCUT2D eigenvalue weighted by Gasteiger charge is -2.44. The molecular formula is C30H38F2N2O3. The molecule has 1 aliphatic carbocycles. The number of hydrogen-bond acceptors (Lipinski definition) is 4. The molecule has 1 amide bonds. The van der Waals surface area contributed by atoms with Gasteiger partial charge in [0.15, 0.2) is 0 Å². The van der Waals surface area contributed by atoms with Crippen LogP contribution in [-0.4, -0.2) is 66.2 Å². The first-order valence-electron chi connectivity index (χ1n) is 13.7. The largest absolute Gasteiger partial charge is 0.493 e. The Morgan fingerprint density at radius 2 is 1.81 bits per heavy atom. The minimum atomic E-state index is -0.691. The summed E-state index contributed by atoms with van der Waals surface area (Å²) in [5.74, 6) is -0.675. The monoisotopic (exact) mass is 512 g/mol. The van der Waals surface area contributed by atoms with Crippen LogP contribution in [0.4, 0.5) is 8.78 Å². The fourth-order valence-electron chi connectivity index (χ4n) is 6.13. The third-order valence-corrected chi connectivity index (χ3v) is 8.66. The van der Waals surface area contributed by atoms with Gasteiger partial charge < -0.3 is 19.6 Å². The van der Waals surface area contributed by atoms with Crippen molar-refractivity contribution in [3.05, 3.63) is 53.6 Å². The normalized spacial score (nSPS) is 22.2. The third-order valence-electron chi connectivity index (χ3n) is 8.66. The highest BCUT2D eigenvalue weighted by Crippen LogP contribution is 2.41. The Kier molecular flexibility index (Phi) is 7.82. The van der Waals surface area contributed by atoms with Crippen molar-refractivity contribution in [2.75, 3.05) is 39.4 Å². The van der Waals surface area contributed by atoms with Crippen LogP contribution in [0.1, 0.15) is 62.2 Å². The Labute approximate surface area is 218 Å². The van der Waals surface area contributed by atoms with E-state index < -0.39 is 17.5 Å². The van der Waals surface area contributed by atoms with Gasteiger partial charge in [0.1, 0.15) is 17.4 Å². The first kappa shape index (κ1) is 26.1. The van der Waals surface area contributed by atoms with E-state index in [9.17, 15) is 18.7 Å². The minimum absolute atomic E-state index is 0.0581. The van der Waals surface area contributed by atoms with Crippen LogP contribution in [0.25, 0.3) is 11.1 Å². The molecule has 2 aromatic rings. The number of aliphatic hydroxyl groups excluding tert-OH is 1. The molecule has 5 rings (SSSR count). The Morgan fingerprint density at radius 3 is 2.46 bits per heavy atom. The van der Waals surface area contributed by atoms with Crippen molar-refractivity contribution < 1.29 is 23.4 Å². The molecule has 0 spiro atoms. The molecule has 3 fully saturated rings. The Morgan fingerprint density at radius 1 is 1.03 bits per heavy atom. The van der Waals surface area contributed by atoms with Crippen molar-refractivity contribution in [3.63, 3.8) is 0 Å². The van der Waals surface area contributed by atoms with Crippen molar-refractivity contribution in [2.45, 2.75) is 57.9 Å². The summed E-state index contributed by atoms with van der Waals surface area (Å²) in [5.41, 5.74) is 1.08. The van der Waals surface area contributed by atoms with Crippen LogP contribution in [0, 0.1) is 23.0 Å². The van der Waals surface area contributed by atoms with Crippen molar-refractivity contribution in [2.24, 2.45) is 11.3 Å². The molecule has 37 heavy (non-hydrogen) atoms. The molecule has 200 valence electrons. The zero-order valence-corrected chi connectivity index (χ0v) is 21.7. The van der Waals surface area contributed by atoms with Gasteiger partial charge >= 0.3 is 0 Å². The number of carbonyl (C=O) groups excluding carboxylic acids is 1. The van der Waals surface area contributed by atoms with Crippen LogP contribution in [0.15, 0.2) is 36.4 Å². The van der Waals surface area contributed by atoms with Gasteiger partial charge in [0.2, 0.25) is 0 Å². The van der Waals surface area contributed by atoms with Gasteiger partial charge in [0, 0.05) is 24.7 Å². The standard InChI is InChI=1S/C30H38F2N2O3/c1-30(11-3-12-30)20-33-14-9-21(10-15-33)19-37-24-6-8-25(28(32)17-24)22-5-7-26(27(31)16-22)29(36)34-13-2-4-23(34)18-35/h5-8,16-17,21,23,35H,2-4,9-15,18-20H2,1H3/t23-/m1/s1. The molecular weight excluding hydrogens is 474 g/mol. The number of benzene rings is 2. The highest BCUT2D eigenvalue weighted by Gasteiger charge is 2.34. The quantitative estimate of drug-likeness (QED) is 0.507. The summed E-state index contributed by atoms with van der Waals surface area (Å²) in [5, 5.41) is 9.48. The van der Waals surface area contributed by atoms with Crippen LogP contribution in [-0.2, 0) is 0 Å². The maximum Gasteiger partial charge on any atom is 0.257 e. The van der Waals surface area contributed by atoms with Crippen LogP contribution in [0.3, 0.4) is 0 Å². The molecule has 0 aromatic heterocycles.